The molecule has 186 valence electrons. The van der Waals surface area contributed by atoms with Gasteiger partial charge in [0.15, 0.2) is 5.60 Å². The van der Waals surface area contributed by atoms with Gasteiger partial charge in [0, 0.05) is 29.0 Å². The predicted molar refractivity (Wildman–Crippen MR) is 147 cm³/mol. The van der Waals surface area contributed by atoms with Gasteiger partial charge in [-0.25, -0.2) is 4.79 Å². The summed E-state index contributed by atoms with van der Waals surface area (Å²) in [4.78, 5) is 13.3. The number of rotatable bonds is 5. The number of esters is 1. The molecule has 37 heavy (non-hydrogen) atoms. The molecule has 0 fully saturated rings. The van der Waals surface area contributed by atoms with Gasteiger partial charge in [-0.3, -0.25) is 0 Å². The summed E-state index contributed by atoms with van der Waals surface area (Å²) >= 11 is 0. The second kappa shape index (κ2) is 8.70. The van der Waals surface area contributed by atoms with Gasteiger partial charge in [-0.05, 0) is 86.3 Å². The standard InChI is InChI=1S/C32H30N2O3/c1-5-22-19(3)14-16-26(20(22)4)34-27-12-9-13-29-30(27)32(24-11-8-7-10-23(24)31(35)37-32)25-18-21(33-6-2)15-17-28(25)36-29/h7-18,33-34H,5-6H2,1-4H3. The Bertz CT molecular complexity index is 1560. The van der Waals surface area contributed by atoms with Gasteiger partial charge in [-0.1, -0.05) is 37.3 Å². The number of hydrogen-bond donors (Lipinski definition) is 2. The molecule has 4 aromatic carbocycles. The van der Waals surface area contributed by atoms with Crippen LogP contribution in [0, 0.1) is 13.8 Å². The van der Waals surface area contributed by atoms with Crippen molar-refractivity contribution in [1.82, 2.24) is 0 Å². The van der Waals surface area contributed by atoms with Crippen LogP contribution in [0.1, 0.15) is 57.6 Å². The molecule has 1 atom stereocenters. The van der Waals surface area contributed by atoms with Crippen LogP contribution in [0.4, 0.5) is 17.1 Å². The summed E-state index contributed by atoms with van der Waals surface area (Å²) in [6.45, 7) is 9.32. The summed E-state index contributed by atoms with van der Waals surface area (Å²) in [6, 6.07) is 23.9. The Morgan fingerprint density at radius 2 is 1.68 bits per heavy atom. The summed E-state index contributed by atoms with van der Waals surface area (Å²) in [5, 5.41) is 7.07. The average molecular weight is 491 g/mol. The van der Waals surface area contributed by atoms with Crippen LogP contribution in [0.15, 0.2) is 72.8 Å². The Hall–Kier alpha value is -4.25. The number of aryl methyl sites for hydroxylation is 1. The molecule has 0 aromatic heterocycles. The van der Waals surface area contributed by atoms with Gasteiger partial charge in [-0.2, -0.15) is 0 Å². The minimum atomic E-state index is -1.14. The van der Waals surface area contributed by atoms with Crippen molar-refractivity contribution in [2.75, 3.05) is 17.2 Å². The molecule has 0 amide bonds. The maximum Gasteiger partial charge on any atom is 0.340 e. The Morgan fingerprint density at radius 3 is 2.49 bits per heavy atom. The van der Waals surface area contributed by atoms with Crippen molar-refractivity contribution < 1.29 is 14.3 Å². The van der Waals surface area contributed by atoms with Crippen LogP contribution < -0.4 is 15.4 Å². The Morgan fingerprint density at radius 1 is 0.838 bits per heavy atom. The molecule has 2 N–H and O–H groups in total. The maximum atomic E-state index is 13.3. The number of benzene rings is 4. The number of hydrogen-bond acceptors (Lipinski definition) is 5. The summed E-state index contributed by atoms with van der Waals surface area (Å²) < 4.78 is 12.9. The summed E-state index contributed by atoms with van der Waals surface area (Å²) in [5.41, 5.74) is 8.50. The first-order valence-corrected chi connectivity index (χ1v) is 12.9. The minimum absolute atomic E-state index is 0.335. The summed E-state index contributed by atoms with van der Waals surface area (Å²) in [7, 11) is 0. The van der Waals surface area contributed by atoms with Crippen LogP contribution in [0.25, 0.3) is 0 Å². The number of fused-ring (bicyclic) bond motifs is 6. The van der Waals surface area contributed by atoms with Gasteiger partial charge in [-0.15, -0.1) is 0 Å². The third kappa shape index (κ3) is 3.41. The summed E-state index contributed by atoms with van der Waals surface area (Å²) in [5.74, 6) is 1.01. The molecule has 6 rings (SSSR count). The van der Waals surface area contributed by atoms with Gasteiger partial charge in [0.1, 0.15) is 11.5 Å². The summed E-state index contributed by atoms with van der Waals surface area (Å²) in [6.07, 6.45) is 0.957. The highest BCUT2D eigenvalue weighted by Crippen LogP contribution is 2.58. The van der Waals surface area contributed by atoms with Gasteiger partial charge in [0.25, 0.3) is 0 Å². The van der Waals surface area contributed by atoms with Crippen LogP contribution in [0.5, 0.6) is 11.5 Å². The second-order valence-corrected chi connectivity index (χ2v) is 9.65. The maximum absolute atomic E-state index is 13.3. The fourth-order valence-electron chi connectivity index (χ4n) is 5.86. The Kier molecular flexibility index (Phi) is 5.45. The molecule has 4 aromatic rings. The highest BCUT2D eigenvalue weighted by atomic mass is 16.6. The second-order valence-electron chi connectivity index (χ2n) is 9.65. The van der Waals surface area contributed by atoms with Gasteiger partial charge in [0.2, 0.25) is 0 Å². The molecule has 0 saturated carbocycles. The lowest BCUT2D eigenvalue weighted by molar-refractivity contribution is 0.0227. The van der Waals surface area contributed by atoms with Crippen LogP contribution in [-0.2, 0) is 16.8 Å². The molecule has 5 nitrogen and oxygen atoms in total. The topological polar surface area (TPSA) is 59.6 Å². The van der Waals surface area contributed by atoms with Crippen molar-refractivity contribution in [3.8, 4) is 11.5 Å². The van der Waals surface area contributed by atoms with Crippen LogP contribution in [0.2, 0.25) is 0 Å². The molecule has 1 unspecified atom stereocenters. The zero-order chi connectivity index (χ0) is 25.7. The van der Waals surface area contributed by atoms with Crippen molar-refractivity contribution in [3.05, 3.63) is 112 Å². The largest absolute Gasteiger partial charge is 0.456 e. The zero-order valence-electron chi connectivity index (χ0n) is 21.6. The number of ether oxygens (including phenoxy) is 2. The fourth-order valence-corrected chi connectivity index (χ4v) is 5.86. The van der Waals surface area contributed by atoms with E-state index in [-0.39, 0.29) is 5.97 Å². The van der Waals surface area contributed by atoms with Crippen LogP contribution in [-0.4, -0.2) is 12.5 Å². The highest BCUT2D eigenvalue weighted by Gasteiger charge is 2.54. The lowest BCUT2D eigenvalue weighted by atomic mass is 9.76. The number of anilines is 3. The lowest BCUT2D eigenvalue weighted by Gasteiger charge is -2.38. The SMILES string of the molecule is CCNc1ccc2c(c1)C1(OC(=O)c3ccccc31)c1c(Nc3ccc(C)c(CC)c3C)cccc1O2. The van der Waals surface area contributed by atoms with E-state index in [0.29, 0.717) is 17.1 Å². The third-order valence-corrected chi connectivity index (χ3v) is 7.57. The van der Waals surface area contributed by atoms with E-state index < -0.39 is 5.60 Å². The van der Waals surface area contributed by atoms with Crippen LogP contribution in [0.3, 0.4) is 0 Å². The Labute approximate surface area is 217 Å². The first-order valence-electron chi connectivity index (χ1n) is 12.9. The van der Waals surface area contributed by atoms with Crippen molar-refractivity contribution in [2.45, 2.75) is 39.7 Å². The lowest BCUT2D eigenvalue weighted by Crippen LogP contribution is -2.34. The molecule has 5 heteroatoms. The van der Waals surface area contributed by atoms with Gasteiger partial charge < -0.3 is 20.1 Å². The molecule has 0 radical (unpaired) electrons. The molecule has 2 aliphatic rings. The van der Waals surface area contributed by atoms with Crippen molar-refractivity contribution >= 4 is 23.0 Å². The molecule has 0 saturated heterocycles. The van der Waals surface area contributed by atoms with E-state index in [0.717, 1.165) is 46.7 Å². The number of carbonyl (C=O) groups is 1. The first-order chi connectivity index (χ1) is 18.0. The van der Waals surface area contributed by atoms with E-state index in [9.17, 15) is 4.79 Å². The average Bonchev–Trinajstić information content (AvgIpc) is 3.19. The number of nitrogens with one attached hydrogen (secondary N) is 2. The van der Waals surface area contributed by atoms with E-state index in [1.807, 2.05) is 60.7 Å². The minimum Gasteiger partial charge on any atom is -0.456 e. The van der Waals surface area contributed by atoms with Crippen LogP contribution >= 0.6 is 0 Å². The first kappa shape index (κ1) is 23.2. The third-order valence-electron chi connectivity index (χ3n) is 7.57. The molecule has 2 heterocycles. The molecular weight excluding hydrogens is 460 g/mol. The van der Waals surface area contributed by atoms with E-state index in [4.69, 9.17) is 9.47 Å². The highest BCUT2D eigenvalue weighted by molar-refractivity contribution is 5.98. The molecule has 2 aliphatic heterocycles. The normalized spacial score (nSPS) is 16.9. The van der Waals surface area contributed by atoms with Crippen molar-refractivity contribution in [3.63, 3.8) is 0 Å². The smallest absolute Gasteiger partial charge is 0.340 e. The molecule has 0 aliphatic carbocycles. The van der Waals surface area contributed by atoms with Gasteiger partial charge in [0.05, 0.1) is 16.8 Å². The number of carbonyl (C=O) groups excluding carboxylic acids is 1. The molecule has 1 spiro atoms. The Balaban J connectivity index is 1.62. The van der Waals surface area contributed by atoms with E-state index in [1.165, 1.54) is 16.7 Å². The zero-order valence-corrected chi connectivity index (χ0v) is 21.6. The van der Waals surface area contributed by atoms with E-state index in [1.54, 1.807) is 0 Å². The molecular formula is C32H30N2O3. The fraction of sp³-hybridized carbons (Fsp3) is 0.219. The quantitative estimate of drug-likeness (QED) is 0.282. The van der Waals surface area contributed by atoms with E-state index in [2.05, 4.69) is 50.5 Å². The monoisotopic (exact) mass is 490 g/mol. The van der Waals surface area contributed by atoms with Gasteiger partial charge >= 0.3 is 5.97 Å². The predicted octanol–water partition coefficient (Wildman–Crippen LogP) is 7.61. The van der Waals surface area contributed by atoms with Crippen molar-refractivity contribution in [1.29, 1.82) is 0 Å². The van der Waals surface area contributed by atoms with Crippen molar-refractivity contribution in [2.24, 2.45) is 0 Å². The molecule has 0 bridgehead atoms. The van der Waals surface area contributed by atoms with E-state index >= 15 is 0 Å².